The highest BCUT2D eigenvalue weighted by atomic mass is 32.2. The van der Waals surface area contributed by atoms with E-state index in [-0.39, 0.29) is 40.8 Å². The van der Waals surface area contributed by atoms with Gasteiger partial charge in [0.15, 0.2) is 21.4 Å². The van der Waals surface area contributed by atoms with Gasteiger partial charge >= 0.3 is 12.1 Å². The Labute approximate surface area is 180 Å². The Balaban J connectivity index is 1.60. The van der Waals surface area contributed by atoms with Crippen LogP contribution in [0.15, 0.2) is 35.4 Å². The van der Waals surface area contributed by atoms with E-state index in [9.17, 15) is 17.6 Å². The number of hydrogen-bond donors (Lipinski definition) is 0. The van der Waals surface area contributed by atoms with E-state index in [1.807, 2.05) is 0 Å². The van der Waals surface area contributed by atoms with Crippen LogP contribution in [0.3, 0.4) is 0 Å². The summed E-state index contributed by atoms with van der Waals surface area (Å²) in [5.41, 5.74) is 0. The molecule has 0 radical (unpaired) electrons. The minimum absolute atomic E-state index is 0.138. The van der Waals surface area contributed by atoms with Gasteiger partial charge in [-0.3, -0.25) is 0 Å². The van der Waals surface area contributed by atoms with E-state index in [1.54, 1.807) is 24.8 Å². The van der Waals surface area contributed by atoms with Crippen molar-refractivity contribution in [3.8, 4) is 17.6 Å². The van der Waals surface area contributed by atoms with Crippen molar-refractivity contribution >= 4 is 15.9 Å². The van der Waals surface area contributed by atoms with Crippen LogP contribution < -0.4 is 9.47 Å². The molecule has 0 bridgehead atoms. The molecule has 1 fully saturated rings. The fourth-order valence-corrected chi connectivity index (χ4v) is 3.57. The van der Waals surface area contributed by atoms with E-state index in [2.05, 4.69) is 9.97 Å². The Morgan fingerprint density at radius 1 is 1.23 bits per heavy atom. The number of likely N-dealkylation sites (tertiary alicyclic amines) is 1. The summed E-state index contributed by atoms with van der Waals surface area (Å²) in [4.78, 5) is 21.5. The Morgan fingerprint density at radius 2 is 1.94 bits per heavy atom. The first-order valence-corrected chi connectivity index (χ1v) is 11.6. The Morgan fingerprint density at radius 3 is 2.55 bits per heavy atom. The lowest BCUT2D eigenvalue weighted by Crippen LogP contribution is -2.42. The summed E-state index contributed by atoms with van der Waals surface area (Å²) in [6, 6.07) is 4.74. The zero-order valence-electron chi connectivity index (χ0n) is 17.4. The number of carbonyl (C=O) groups is 1. The van der Waals surface area contributed by atoms with Gasteiger partial charge in [-0.15, -0.1) is 0 Å². The number of rotatable bonds is 6. The zero-order chi connectivity index (χ0) is 22.6. The minimum atomic E-state index is -3.53. The molecule has 0 aliphatic carbocycles. The predicted octanol–water partition coefficient (Wildman–Crippen LogP) is 3.20. The third-order valence-corrected chi connectivity index (χ3v) is 5.58. The van der Waals surface area contributed by atoms with Gasteiger partial charge in [0.1, 0.15) is 6.10 Å². The summed E-state index contributed by atoms with van der Waals surface area (Å²) in [5, 5.41) is 0. The fourth-order valence-electron chi connectivity index (χ4n) is 2.94. The number of halogens is 1. The fraction of sp³-hybridized carbons (Fsp3) is 0.450. The van der Waals surface area contributed by atoms with Crippen molar-refractivity contribution in [3.63, 3.8) is 0 Å². The number of carbonyl (C=O) groups excluding carboxylic acids is 1. The minimum Gasteiger partial charge on any atom is -0.474 e. The molecule has 2 heterocycles. The van der Waals surface area contributed by atoms with Gasteiger partial charge in [-0.05, 0) is 32.0 Å². The third kappa shape index (κ3) is 6.27. The predicted molar refractivity (Wildman–Crippen MR) is 108 cm³/mol. The van der Waals surface area contributed by atoms with E-state index < -0.39 is 15.7 Å². The first kappa shape index (κ1) is 22.7. The maximum absolute atomic E-state index is 14.2. The molecule has 1 aromatic carbocycles. The van der Waals surface area contributed by atoms with Gasteiger partial charge in [-0.2, -0.15) is 4.98 Å². The second-order valence-corrected chi connectivity index (χ2v) is 9.40. The molecule has 168 valence electrons. The topological polar surface area (TPSA) is 108 Å². The molecule has 11 heteroatoms. The van der Waals surface area contributed by atoms with Gasteiger partial charge in [-0.25, -0.2) is 22.6 Å². The van der Waals surface area contributed by atoms with Crippen LogP contribution in [-0.2, 0) is 14.6 Å². The van der Waals surface area contributed by atoms with Gasteiger partial charge < -0.3 is 19.1 Å². The molecule has 0 atom stereocenters. The highest BCUT2D eigenvalue weighted by molar-refractivity contribution is 7.90. The molecule has 0 saturated carbocycles. The van der Waals surface area contributed by atoms with Crippen LogP contribution in [0.4, 0.5) is 9.18 Å². The van der Waals surface area contributed by atoms with Crippen molar-refractivity contribution in [1.82, 2.24) is 14.9 Å². The highest BCUT2D eigenvalue weighted by Gasteiger charge is 2.25. The first-order chi connectivity index (χ1) is 14.6. The monoisotopic (exact) mass is 453 g/mol. The number of amides is 1. The maximum Gasteiger partial charge on any atom is 0.410 e. The summed E-state index contributed by atoms with van der Waals surface area (Å²) < 4.78 is 53.6. The van der Waals surface area contributed by atoms with E-state index in [4.69, 9.17) is 14.2 Å². The largest absolute Gasteiger partial charge is 0.474 e. The summed E-state index contributed by atoms with van der Waals surface area (Å²) >= 11 is 0. The average Bonchev–Trinajstić information content (AvgIpc) is 2.69. The molecule has 1 aliphatic heterocycles. The van der Waals surface area contributed by atoms with Gasteiger partial charge in [0.05, 0.1) is 11.0 Å². The number of sulfone groups is 1. The molecular weight excluding hydrogens is 429 g/mol. The second-order valence-electron chi connectivity index (χ2n) is 7.38. The zero-order valence-corrected chi connectivity index (χ0v) is 18.3. The van der Waals surface area contributed by atoms with E-state index >= 15 is 0 Å². The molecule has 1 aliphatic rings. The standard InChI is InChI=1S/C20H24FN3O6S/c1-13(2)28-20(25)24-10-7-14(8-11-24)29-18-6-9-22-19(23-18)30-17-5-4-15(12-16(17)21)31(3,26)27/h4-6,9,12-14H,7-8,10-11H2,1-3H3. The Hall–Kier alpha value is -2.95. The maximum atomic E-state index is 14.2. The summed E-state index contributed by atoms with van der Waals surface area (Å²) in [6.45, 7) is 4.61. The normalized spacial score (nSPS) is 15.1. The van der Waals surface area contributed by atoms with Crippen LogP contribution in [0.25, 0.3) is 0 Å². The molecule has 1 aromatic heterocycles. The average molecular weight is 453 g/mol. The number of benzene rings is 1. The molecule has 0 spiro atoms. The summed E-state index contributed by atoms with van der Waals surface area (Å²) in [5.74, 6) is -0.804. The molecule has 3 rings (SSSR count). The van der Waals surface area contributed by atoms with E-state index in [1.165, 1.54) is 18.3 Å². The van der Waals surface area contributed by atoms with Gasteiger partial charge in [0.2, 0.25) is 5.88 Å². The molecule has 1 amide bonds. The quantitative estimate of drug-likeness (QED) is 0.656. The number of hydrogen-bond acceptors (Lipinski definition) is 8. The third-order valence-electron chi connectivity index (χ3n) is 4.46. The Bertz CT molecular complexity index is 1040. The molecule has 2 aromatic rings. The van der Waals surface area contributed by atoms with Gasteiger partial charge in [0, 0.05) is 44.5 Å². The van der Waals surface area contributed by atoms with Crippen LogP contribution in [0, 0.1) is 5.82 Å². The Kier molecular flexibility index (Phi) is 6.94. The summed E-state index contributed by atoms with van der Waals surface area (Å²) in [7, 11) is -3.53. The molecule has 0 N–H and O–H groups in total. The molecule has 0 unspecified atom stereocenters. The van der Waals surface area contributed by atoms with Crippen molar-refractivity contribution in [2.45, 2.75) is 43.8 Å². The SMILES string of the molecule is CC(C)OC(=O)N1CCC(Oc2ccnc(Oc3ccc(S(C)(=O)=O)cc3F)n2)CC1. The molecule has 9 nitrogen and oxygen atoms in total. The van der Waals surface area contributed by atoms with Crippen LogP contribution in [-0.4, -0.2) is 60.9 Å². The summed E-state index contributed by atoms with van der Waals surface area (Å²) in [6.07, 6.45) is 2.95. The van der Waals surface area contributed by atoms with Crippen molar-refractivity contribution in [1.29, 1.82) is 0 Å². The van der Waals surface area contributed by atoms with Crippen LogP contribution in [0.5, 0.6) is 17.6 Å². The number of nitrogens with zero attached hydrogens (tertiary/aromatic N) is 3. The van der Waals surface area contributed by atoms with Crippen LogP contribution in [0.2, 0.25) is 0 Å². The van der Waals surface area contributed by atoms with Crippen molar-refractivity contribution < 1.29 is 31.8 Å². The second kappa shape index (κ2) is 9.46. The van der Waals surface area contributed by atoms with Gasteiger partial charge in [0.25, 0.3) is 0 Å². The molecule has 31 heavy (non-hydrogen) atoms. The van der Waals surface area contributed by atoms with E-state index in [0.29, 0.717) is 25.9 Å². The van der Waals surface area contributed by atoms with Crippen LogP contribution >= 0.6 is 0 Å². The smallest absolute Gasteiger partial charge is 0.410 e. The number of ether oxygens (including phenoxy) is 3. The highest BCUT2D eigenvalue weighted by Crippen LogP contribution is 2.26. The van der Waals surface area contributed by atoms with E-state index in [0.717, 1.165) is 12.3 Å². The lowest BCUT2D eigenvalue weighted by Gasteiger charge is -2.31. The van der Waals surface area contributed by atoms with Crippen molar-refractivity contribution in [3.05, 3.63) is 36.3 Å². The number of piperidine rings is 1. The molecule has 1 saturated heterocycles. The van der Waals surface area contributed by atoms with Crippen molar-refractivity contribution in [2.75, 3.05) is 19.3 Å². The van der Waals surface area contributed by atoms with Crippen molar-refractivity contribution in [2.24, 2.45) is 0 Å². The number of aromatic nitrogens is 2. The first-order valence-electron chi connectivity index (χ1n) is 9.74. The van der Waals surface area contributed by atoms with Crippen LogP contribution in [0.1, 0.15) is 26.7 Å². The van der Waals surface area contributed by atoms with Gasteiger partial charge in [-0.1, -0.05) is 0 Å². The lowest BCUT2D eigenvalue weighted by molar-refractivity contribution is 0.0506. The molecular formula is C20H24FN3O6S. The lowest BCUT2D eigenvalue weighted by atomic mass is 10.1.